The van der Waals surface area contributed by atoms with Crippen molar-refractivity contribution in [2.45, 2.75) is 18.7 Å². The van der Waals surface area contributed by atoms with Gasteiger partial charge in [-0.2, -0.15) is 5.10 Å². The minimum absolute atomic E-state index is 0.0786. The Morgan fingerprint density at radius 3 is 2.42 bits per heavy atom. The Hall–Kier alpha value is -1.89. The molecule has 0 radical (unpaired) electrons. The summed E-state index contributed by atoms with van der Waals surface area (Å²) in [6, 6.07) is 5.62. The monoisotopic (exact) mass is 283 g/mol. The average molecular weight is 283 g/mol. The highest BCUT2D eigenvalue weighted by Crippen LogP contribution is 2.23. The molecule has 2 rings (SSSR count). The van der Waals surface area contributed by atoms with Crippen molar-refractivity contribution in [1.82, 2.24) is 9.78 Å². The molecule has 0 saturated carbocycles. The van der Waals surface area contributed by atoms with Crippen LogP contribution in [-0.2, 0) is 17.1 Å². The molecule has 0 saturated heterocycles. The van der Waals surface area contributed by atoms with Gasteiger partial charge in [0.15, 0.2) is 0 Å². The maximum Gasteiger partial charge on any atom is 0.265 e. The van der Waals surface area contributed by atoms with E-state index in [1.165, 1.54) is 22.9 Å². The lowest BCUT2D eigenvalue weighted by molar-refractivity contribution is 0.597. The van der Waals surface area contributed by atoms with Crippen LogP contribution in [0, 0.1) is 19.7 Å². The van der Waals surface area contributed by atoms with Crippen LogP contribution in [0.4, 0.5) is 10.1 Å². The number of nitrogens with zero attached hydrogens (tertiary/aromatic N) is 2. The molecule has 7 heteroatoms. The molecule has 0 amide bonds. The first kappa shape index (κ1) is 13.5. The molecule has 0 unspecified atom stereocenters. The van der Waals surface area contributed by atoms with Gasteiger partial charge in [0.25, 0.3) is 10.0 Å². The second-order valence-corrected chi connectivity index (χ2v) is 5.83. The van der Waals surface area contributed by atoms with E-state index in [4.69, 9.17) is 0 Å². The molecule has 0 spiro atoms. The molecule has 1 heterocycles. The predicted molar refractivity (Wildman–Crippen MR) is 69.9 cm³/mol. The number of hydrogen-bond acceptors (Lipinski definition) is 3. The van der Waals surface area contributed by atoms with Gasteiger partial charge in [0.05, 0.1) is 17.1 Å². The molecule has 0 aliphatic carbocycles. The number of sulfonamides is 1. The third kappa shape index (κ3) is 2.46. The first-order chi connectivity index (χ1) is 8.83. The first-order valence-corrected chi connectivity index (χ1v) is 7.09. The molecule has 102 valence electrons. The second-order valence-electron chi connectivity index (χ2n) is 4.21. The summed E-state index contributed by atoms with van der Waals surface area (Å²) in [6.07, 6.45) is 0. The molecular formula is C12H14FN3O2S. The van der Waals surface area contributed by atoms with Crippen molar-refractivity contribution in [2.24, 2.45) is 7.05 Å². The quantitative estimate of drug-likeness (QED) is 0.936. The van der Waals surface area contributed by atoms with Gasteiger partial charge >= 0.3 is 0 Å². The number of anilines is 1. The molecule has 2 aromatic rings. The highest BCUT2D eigenvalue weighted by atomic mass is 32.2. The SMILES string of the molecule is Cc1nn(C)c(C)c1S(=O)(=O)Nc1ccccc1F. The van der Waals surface area contributed by atoms with Crippen molar-refractivity contribution >= 4 is 15.7 Å². The van der Waals surface area contributed by atoms with Gasteiger partial charge in [-0.25, -0.2) is 12.8 Å². The van der Waals surface area contributed by atoms with E-state index in [1.54, 1.807) is 27.0 Å². The van der Waals surface area contributed by atoms with Crippen LogP contribution in [0.5, 0.6) is 0 Å². The van der Waals surface area contributed by atoms with Gasteiger partial charge in [-0.3, -0.25) is 9.40 Å². The van der Waals surface area contributed by atoms with Gasteiger partial charge in [0.2, 0.25) is 0 Å². The zero-order chi connectivity index (χ0) is 14.2. The lowest BCUT2D eigenvalue weighted by atomic mass is 10.3. The van der Waals surface area contributed by atoms with Crippen molar-refractivity contribution in [1.29, 1.82) is 0 Å². The number of aryl methyl sites for hydroxylation is 2. The van der Waals surface area contributed by atoms with Crippen LogP contribution in [0.25, 0.3) is 0 Å². The fourth-order valence-electron chi connectivity index (χ4n) is 1.88. The maximum absolute atomic E-state index is 13.5. The number of nitrogens with one attached hydrogen (secondary N) is 1. The lowest BCUT2D eigenvalue weighted by Crippen LogP contribution is -2.15. The Morgan fingerprint density at radius 2 is 1.89 bits per heavy atom. The normalized spacial score (nSPS) is 11.6. The van der Waals surface area contributed by atoms with Crippen LogP contribution in [0.2, 0.25) is 0 Å². The number of aromatic nitrogens is 2. The Morgan fingerprint density at radius 1 is 1.26 bits per heavy atom. The Bertz CT molecular complexity index is 723. The van der Waals surface area contributed by atoms with E-state index in [0.29, 0.717) is 11.4 Å². The molecule has 19 heavy (non-hydrogen) atoms. The van der Waals surface area contributed by atoms with Crippen LogP contribution in [0.1, 0.15) is 11.4 Å². The summed E-state index contributed by atoms with van der Waals surface area (Å²) in [5.74, 6) is -0.620. The minimum atomic E-state index is -3.85. The largest absolute Gasteiger partial charge is 0.277 e. The molecule has 1 aromatic heterocycles. The summed E-state index contributed by atoms with van der Waals surface area (Å²) in [7, 11) is -2.19. The Balaban J connectivity index is 2.47. The van der Waals surface area contributed by atoms with Gasteiger partial charge in [-0.1, -0.05) is 12.1 Å². The fourth-order valence-corrected chi connectivity index (χ4v) is 3.39. The molecule has 1 aromatic carbocycles. The second kappa shape index (κ2) is 4.65. The fraction of sp³-hybridized carbons (Fsp3) is 0.250. The summed E-state index contributed by atoms with van der Waals surface area (Å²) in [4.78, 5) is 0.0817. The van der Waals surface area contributed by atoms with Gasteiger partial charge < -0.3 is 0 Å². The minimum Gasteiger partial charge on any atom is -0.277 e. The number of para-hydroxylation sites is 1. The summed E-state index contributed by atoms with van der Waals surface area (Å²) < 4.78 is 41.8. The van der Waals surface area contributed by atoms with Crippen LogP contribution in [0.3, 0.4) is 0 Å². The van der Waals surface area contributed by atoms with Gasteiger partial charge in [0.1, 0.15) is 10.7 Å². The van der Waals surface area contributed by atoms with Crippen molar-refractivity contribution in [3.63, 3.8) is 0 Å². The van der Waals surface area contributed by atoms with E-state index in [9.17, 15) is 12.8 Å². The number of halogens is 1. The van der Waals surface area contributed by atoms with E-state index < -0.39 is 15.8 Å². The summed E-state index contributed by atoms with van der Waals surface area (Å²) in [5.41, 5.74) is 0.801. The zero-order valence-corrected chi connectivity index (χ0v) is 11.6. The zero-order valence-electron chi connectivity index (χ0n) is 10.8. The number of benzene rings is 1. The highest BCUT2D eigenvalue weighted by Gasteiger charge is 2.24. The maximum atomic E-state index is 13.5. The van der Waals surface area contributed by atoms with E-state index in [1.807, 2.05) is 0 Å². The smallest absolute Gasteiger partial charge is 0.265 e. The molecule has 0 aliphatic rings. The van der Waals surface area contributed by atoms with Crippen LogP contribution in [-0.4, -0.2) is 18.2 Å². The summed E-state index contributed by atoms with van der Waals surface area (Å²) >= 11 is 0. The molecule has 1 N–H and O–H groups in total. The molecule has 0 bridgehead atoms. The summed E-state index contributed by atoms with van der Waals surface area (Å²) in [6.45, 7) is 3.25. The van der Waals surface area contributed by atoms with Crippen molar-refractivity contribution in [2.75, 3.05) is 4.72 Å². The highest BCUT2D eigenvalue weighted by molar-refractivity contribution is 7.92. The van der Waals surface area contributed by atoms with Crippen LogP contribution in [0.15, 0.2) is 29.2 Å². The van der Waals surface area contributed by atoms with E-state index in [2.05, 4.69) is 9.82 Å². The topological polar surface area (TPSA) is 64.0 Å². The Labute approximate surface area is 111 Å². The van der Waals surface area contributed by atoms with Crippen molar-refractivity contribution < 1.29 is 12.8 Å². The third-order valence-corrected chi connectivity index (χ3v) is 4.45. The van der Waals surface area contributed by atoms with Crippen molar-refractivity contribution in [3.8, 4) is 0 Å². The molecular weight excluding hydrogens is 269 g/mol. The van der Waals surface area contributed by atoms with Gasteiger partial charge in [-0.15, -0.1) is 0 Å². The Kier molecular flexibility index (Phi) is 3.32. The lowest BCUT2D eigenvalue weighted by Gasteiger charge is -2.09. The van der Waals surface area contributed by atoms with Crippen molar-refractivity contribution in [3.05, 3.63) is 41.5 Å². The van der Waals surface area contributed by atoms with Crippen LogP contribution < -0.4 is 4.72 Å². The van der Waals surface area contributed by atoms with E-state index in [-0.39, 0.29) is 10.6 Å². The number of rotatable bonds is 3. The number of hydrogen-bond donors (Lipinski definition) is 1. The molecule has 0 atom stereocenters. The standard InChI is InChI=1S/C12H14FN3O2S/c1-8-12(9(2)16(3)14-8)19(17,18)15-11-7-5-4-6-10(11)13/h4-7,15H,1-3H3. The average Bonchev–Trinajstić information content (AvgIpc) is 2.56. The van der Waals surface area contributed by atoms with E-state index >= 15 is 0 Å². The molecule has 0 fully saturated rings. The molecule has 0 aliphatic heterocycles. The first-order valence-electron chi connectivity index (χ1n) is 5.60. The third-order valence-electron chi connectivity index (χ3n) is 2.83. The predicted octanol–water partition coefficient (Wildman–Crippen LogP) is 1.98. The van der Waals surface area contributed by atoms with E-state index in [0.717, 1.165) is 0 Å². The van der Waals surface area contributed by atoms with Gasteiger partial charge in [0, 0.05) is 7.05 Å². The summed E-state index contributed by atoms with van der Waals surface area (Å²) in [5, 5.41) is 4.04. The van der Waals surface area contributed by atoms with Crippen LogP contribution >= 0.6 is 0 Å². The molecule has 5 nitrogen and oxygen atoms in total. The van der Waals surface area contributed by atoms with Gasteiger partial charge in [-0.05, 0) is 26.0 Å².